The lowest BCUT2D eigenvalue weighted by Gasteiger charge is -2.27. The van der Waals surface area contributed by atoms with E-state index in [-0.39, 0.29) is 0 Å². The van der Waals surface area contributed by atoms with Gasteiger partial charge in [-0.1, -0.05) is 78.4 Å². The highest BCUT2D eigenvalue weighted by atomic mass is 16.3. The zero-order valence-corrected chi connectivity index (χ0v) is 23.0. The van der Waals surface area contributed by atoms with E-state index in [0.29, 0.717) is 12.5 Å². The number of hydrogen-bond acceptors (Lipinski definition) is 3. The summed E-state index contributed by atoms with van der Waals surface area (Å²) in [6.07, 6.45) is 23.8. The monoisotopic (exact) mass is 524 g/mol. The summed E-state index contributed by atoms with van der Waals surface area (Å²) in [5.74, 6) is 0.371. The summed E-state index contributed by atoms with van der Waals surface area (Å²) >= 11 is 0. The van der Waals surface area contributed by atoms with Gasteiger partial charge in [0.05, 0.1) is 0 Å². The summed E-state index contributed by atoms with van der Waals surface area (Å²) in [6.45, 7) is 0.661. The smallest absolute Gasteiger partial charge is 0.135 e. The first-order chi connectivity index (χ1) is 19.7. The molecule has 0 saturated heterocycles. The van der Waals surface area contributed by atoms with Gasteiger partial charge in [-0.05, 0) is 91.5 Å². The van der Waals surface area contributed by atoms with Crippen molar-refractivity contribution in [3.63, 3.8) is 0 Å². The van der Waals surface area contributed by atoms with Crippen molar-refractivity contribution in [3.05, 3.63) is 135 Å². The average molecular weight is 525 g/mol. The maximum absolute atomic E-state index is 6.11. The van der Waals surface area contributed by atoms with Crippen molar-refractivity contribution in [2.24, 2.45) is 11.7 Å². The van der Waals surface area contributed by atoms with Gasteiger partial charge in [-0.3, -0.25) is 0 Å². The van der Waals surface area contributed by atoms with Crippen molar-refractivity contribution in [1.29, 1.82) is 0 Å². The molecule has 1 heterocycles. The molecule has 0 amide bonds. The highest BCUT2D eigenvalue weighted by molar-refractivity contribution is 5.80. The Morgan fingerprint density at radius 1 is 0.825 bits per heavy atom. The molecule has 1 unspecified atom stereocenters. The number of nitrogens with one attached hydrogen (secondary N) is 1. The number of benzene rings is 2. The summed E-state index contributed by atoms with van der Waals surface area (Å²) in [5, 5.41) is 6.38. The van der Waals surface area contributed by atoms with Crippen LogP contribution in [0, 0.1) is 5.92 Å². The minimum atomic E-state index is 0.371. The maximum atomic E-state index is 6.11. The first kappa shape index (κ1) is 24.9. The third kappa shape index (κ3) is 4.87. The van der Waals surface area contributed by atoms with Crippen molar-refractivity contribution in [1.82, 2.24) is 5.32 Å². The van der Waals surface area contributed by atoms with Crippen molar-refractivity contribution in [2.75, 3.05) is 6.54 Å². The summed E-state index contributed by atoms with van der Waals surface area (Å²) in [6, 6.07) is 19.2. The molecule has 0 aliphatic heterocycles. The van der Waals surface area contributed by atoms with Crippen LogP contribution in [0.4, 0.5) is 0 Å². The quantitative estimate of drug-likeness (QED) is 0.367. The van der Waals surface area contributed by atoms with Gasteiger partial charge in [0.25, 0.3) is 0 Å². The fraction of sp³-hybridized carbons (Fsp3) is 0.243. The third-order valence-corrected chi connectivity index (χ3v) is 8.74. The van der Waals surface area contributed by atoms with Gasteiger partial charge >= 0.3 is 0 Å². The molecule has 200 valence electrons. The van der Waals surface area contributed by atoms with E-state index in [1.165, 1.54) is 55.4 Å². The topological polar surface area (TPSA) is 51.2 Å². The first-order valence-electron chi connectivity index (χ1n) is 14.7. The normalized spacial score (nSPS) is 20.8. The molecule has 0 fully saturated rings. The van der Waals surface area contributed by atoms with Crippen LogP contribution in [-0.2, 0) is 0 Å². The Morgan fingerprint density at radius 2 is 1.68 bits per heavy atom. The number of allylic oxidation sites excluding steroid dienone is 11. The number of rotatable bonds is 6. The predicted octanol–water partition coefficient (Wildman–Crippen LogP) is 6.94. The van der Waals surface area contributed by atoms with Gasteiger partial charge in [0.15, 0.2) is 0 Å². The minimum Gasteiger partial charge on any atom is -0.456 e. The molecule has 0 saturated carbocycles. The molecular formula is C37H36N2O. The van der Waals surface area contributed by atoms with E-state index in [0.717, 1.165) is 55.9 Å². The maximum Gasteiger partial charge on any atom is 0.135 e. The zero-order chi connectivity index (χ0) is 26.9. The SMILES string of the molecule is NCC1=CC=C(C2=CC(c3ccccc3)=C(NC3=CC(C4C=c5c(oc6ccccc56)=CC4)=CCC3)CC2)CC1. The molecule has 3 nitrogen and oxygen atoms in total. The molecule has 0 spiro atoms. The van der Waals surface area contributed by atoms with Gasteiger partial charge in [0, 0.05) is 40.0 Å². The molecule has 1 aromatic heterocycles. The highest BCUT2D eigenvalue weighted by Crippen LogP contribution is 2.37. The fourth-order valence-electron chi connectivity index (χ4n) is 6.53. The van der Waals surface area contributed by atoms with Crippen LogP contribution in [-0.4, -0.2) is 6.54 Å². The van der Waals surface area contributed by atoms with Crippen molar-refractivity contribution in [2.45, 2.75) is 44.9 Å². The minimum absolute atomic E-state index is 0.371. The lowest BCUT2D eigenvalue weighted by atomic mass is 9.84. The van der Waals surface area contributed by atoms with Gasteiger partial charge in [-0.15, -0.1) is 0 Å². The number of fused-ring (bicyclic) bond motifs is 3. The van der Waals surface area contributed by atoms with E-state index >= 15 is 0 Å². The van der Waals surface area contributed by atoms with Crippen LogP contribution in [0.1, 0.15) is 50.5 Å². The zero-order valence-electron chi connectivity index (χ0n) is 23.0. The van der Waals surface area contributed by atoms with E-state index in [4.69, 9.17) is 10.2 Å². The molecule has 40 heavy (non-hydrogen) atoms. The van der Waals surface area contributed by atoms with Gasteiger partial charge in [-0.25, -0.2) is 0 Å². The van der Waals surface area contributed by atoms with Crippen LogP contribution in [0.2, 0.25) is 0 Å². The molecule has 1 atom stereocenters. The van der Waals surface area contributed by atoms with Crippen LogP contribution < -0.4 is 21.7 Å². The lowest BCUT2D eigenvalue weighted by Crippen LogP contribution is -2.26. The molecule has 3 aromatic rings. The predicted molar refractivity (Wildman–Crippen MR) is 166 cm³/mol. The number of nitrogens with two attached hydrogens (primary N) is 1. The summed E-state index contributed by atoms with van der Waals surface area (Å²) in [4.78, 5) is 0. The van der Waals surface area contributed by atoms with E-state index in [1.807, 2.05) is 6.07 Å². The van der Waals surface area contributed by atoms with Crippen LogP contribution in [0.3, 0.4) is 0 Å². The molecule has 0 bridgehead atoms. The third-order valence-electron chi connectivity index (χ3n) is 8.74. The Morgan fingerprint density at radius 3 is 2.52 bits per heavy atom. The molecular weight excluding hydrogens is 488 g/mol. The Labute approximate surface area is 236 Å². The Hall–Kier alpha value is -4.08. The number of hydrogen-bond donors (Lipinski definition) is 2. The Kier molecular flexibility index (Phi) is 6.75. The van der Waals surface area contributed by atoms with Crippen molar-refractivity contribution in [3.8, 4) is 0 Å². The molecule has 3 heteroatoms. The molecule has 3 N–H and O–H groups in total. The van der Waals surface area contributed by atoms with Crippen LogP contribution in [0.15, 0.2) is 123 Å². The molecule has 4 aliphatic rings. The summed E-state index contributed by atoms with van der Waals surface area (Å²) < 4.78 is 6.11. The largest absolute Gasteiger partial charge is 0.456 e. The van der Waals surface area contributed by atoms with Crippen LogP contribution in [0.5, 0.6) is 0 Å². The van der Waals surface area contributed by atoms with Crippen molar-refractivity contribution >= 4 is 28.7 Å². The van der Waals surface area contributed by atoms with Crippen molar-refractivity contribution < 1.29 is 4.42 Å². The average Bonchev–Trinajstić information content (AvgIpc) is 3.40. The first-order valence-corrected chi connectivity index (χ1v) is 14.7. The summed E-state index contributed by atoms with van der Waals surface area (Å²) in [7, 11) is 0. The highest BCUT2D eigenvalue weighted by Gasteiger charge is 2.21. The van der Waals surface area contributed by atoms with Gasteiger partial charge in [-0.2, -0.15) is 0 Å². The second-order valence-corrected chi connectivity index (χ2v) is 11.3. The standard InChI is InChI=1S/C37H36N2O/c38-24-25-13-15-26(16-14-25)29-17-19-35(33(22-29)27-7-2-1-3-8-27)39-31-10-6-9-28(21-31)30-18-20-37-34(23-30)32-11-4-5-12-36(32)40-37/h1-5,7-9,11-13,15,20-23,30,39H,6,10,14,16-19,24,38H2. The van der Waals surface area contributed by atoms with E-state index in [2.05, 4.69) is 96.4 Å². The second kappa shape index (κ2) is 10.8. The molecule has 2 aromatic carbocycles. The van der Waals surface area contributed by atoms with E-state index in [9.17, 15) is 0 Å². The van der Waals surface area contributed by atoms with Gasteiger partial charge in [0.1, 0.15) is 11.0 Å². The Bertz CT molecular complexity index is 1770. The molecule has 7 rings (SSSR count). The fourth-order valence-corrected chi connectivity index (χ4v) is 6.53. The molecule has 4 aliphatic carbocycles. The van der Waals surface area contributed by atoms with Crippen LogP contribution >= 0.6 is 0 Å². The van der Waals surface area contributed by atoms with E-state index in [1.54, 1.807) is 0 Å². The van der Waals surface area contributed by atoms with Crippen LogP contribution in [0.25, 0.3) is 28.7 Å². The Balaban J connectivity index is 1.19. The second-order valence-electron chi connectivity index (χ2n) is 11.3. The summed E-state index contributed by atoms with van der Waals surface area (Å²) in [5.41, 5.74) is 18.8. The van der Waals surface area contributed by atoms with E-state index < -0.39 is 0 Å². The molecule has 0 radical (unpaired) electrons. The van der Waals surface area contributed by atoms with Gasteiger partial charge < -0.3 is 15.5 Å². The lowest BCUT2D eigenvalue weighted by molar-refractivity contribution is 0.568. The number of furan rings is 1. The number of para-hydroxylation sites is 1. The van der Waals surface area contributed by atoms with Gasteiger partial charge in [0.2, 0.25) is 0 Å².